The molecule has 220 valence electrons. The molecule has 11 atom stereocenters. The molecule has 0 radical (unpaired) electrons. The van der Waals surface area contributed by atoms with E-state index in [1.165, 1.54) is 0 Å². The number of rotatable bonds is 6. The predicted octanol–water partition coefficient (Wildman–Crippen LogP) is 6.57. The summed E-state index contributed by atoms with van der Waals surface area (Å²) in [6.45, 7) is 6.33. The molecule has 1 unspecified atom stereocenters. The average molecular weight is 560 g/mol. The number of pyridine rings is 1. The summed E-state index contributed by atoms with van der Waals surface area (Å²) in [6, 6.07) is 0.458. The van der Waals surface area contributed by atoms with Gasteiger partial charge in [-0.3, -0.25) is 0 Å². The van der Waals surface area contributed by atoms with Crippen molar-refractivity contribution in [2.24, 2.45) is 46.3 Å². The highest BCUT2D eigenvalue weighted by Crippen LogP contribution is 2.71. The summed E-state index contributed by atoms with van der Waals surface area (Å²) in [5, 5.41) is 31.3. The molecule has 0 saturated heterocycles. The Morgan fingerprint density at radius 1 is 0.949 bits per heavy atom. The largest absolute Gasteiger partial charge is 0.390 e. The highest BCUT2D eigenvalue weighted by Gasteiger charge is 2.69. The molecular formula is C30H42F5NO3. The van der Waals surface area contributed by atoms with Crippen LogP contribution in [-0.4, -0.2) is 38.4 Å². The van der Waals surface area contributed by atoms with Gasteiger partial charge >= 0.3 is 0 Å². The van der Waals surface area contributed by atoms with Crippen molar-refractivity contribution in [1.82, 2.24) is 4.98 Å². The Balaban J connectivity index is 1.27. The summed E-state index contributed by atoms with van der Waals surface area (Å²) < 4.78 is 73.0. The van der Waals surface area contributed by atoms with Crippen molar-refractivity contribution < 1.29 is 37.3 Å². The average Bonchev–Trinajstić information content (AvgIpc) is 3.19. The fraction of sp³-hybridized carbons (Fsp3) is 0.833. The Morgan fingerprint density at radius 3 is 2.31 bits per heavy atom. The number of hydrogen-bond acceptors (Lipinski definition) is 4. The predicted molar refractivity (Wildman–Crippen MR) is 135 cm³/mol. The topological polar surface area (TPSA) is 73.6 Å². The van der Waals surface area contributed by atoms with Crippen molar-refractivity contribution in [3.63, 3.8) is 0 Å². The maximum atomic E-state index is 16.0. The molecule has 0 spiro atoms. The molecule has 0 bridgehead atoms. The maximum absolute atomic E-state index is 16.0. The SMILES string of the molecule is C[C@H](CCCC(O)c1c(F)cc(F)nc1F)[C@H]1CC[C@H]2[C@H]3[C@H](CC[C@]12C)[C@@]1(C)CC[C@H](O)[C@H](O)[C@@H]1CC3(F)F. The van der Waals surface area contributed by atoms with E-state index >= 15 is 8.78 Å². The highest BCUT2D eigenvalue weighted by molar-refractivity contribution is 5.18. The summed E-state index contributed by atoms with van der Waals surface area (Å²) in [6.07, 6.45) is 1.59. The van der Waals surface area contributed by atoms with Gasteiger partial charge in [-0.25, -0.2) is 13.2 Å². The number of aliphatic hydroxyl groups excluding tert-OH is 3. The normalized spacial score (nSPS) is 42.8. The van der Waals surface area contributed by atoms with Crippen LogP contribution in [0.1, 0.15) is 96.6 Å². The lowest BCUT2D eigenvalue weighted by molar-refractivity contribution is -0.258. The number of nitrogens with zero attached hydrogens (tertiary/aromatic N) is 1. The van der Waals surface area contributed by atoms with Crippen molar-refractivity contribution in [1.29, 1.82) is 0 Å². The summed E-state index contributed by atoms with van der Waals surface area (Å²) in [5.74, 6) is -7.94. The lowest BCUT2D eigenvalue weighted by Gasteiger charge is -2.63. The lowest BCUT2D eigenvalue weighted by atomic mass is 9.43. The fourth-order valence-corrected chi connectivity index (χ4v) is 9.90. The van der Waals surface area contributed by atoms with Crippen molar-refractivity contribution >= 4 is 0 Å². The van der Waals surface area contributed by atoms with Gasteiger partial charge in [-0.2, -0.15) is 13.8 Å². The van der Waals surface area contributed by atoms with E-state index in [-0.39, 0.29) is 41.9 Å². The molecule has 3 N–H and O–H groups in total. The van der Waals surface area contributed by atoms with E-state index in [9.17, 15) is 28.5 Å². The summed E-state index contributed by atoms with van der Waals surface area (Å²) in [7, 11) is 0. The molecule has 4 aliphatic rings. The zero-order valence-corrected chi connectivity index (χ0v) is 23.0. The van der Waals surface area contributed by atoms with E-state index < -0.39 is 64.8 Å². The fourth-order valence-electron chi connectivity index (χ4n) is 9.90. The van der Waals surface area contributed by atoms with Gasteiger partial charge in [0.15, 0.2) is 0 Å². The van der Waals surface area contributed by atoms with Crippen LogP contribution in [0.15, 0.2) is 6.07 Å². The van der Waals surface area contributed by atoms with Crippen LogP contribution in [0.25, 0.3) is 0 Å². The molecule has 4 fully saturated rings. The van der Waals surface area contributed by atoms with Crippen LogP contribution < -0.4 is 0 Å². The van der Waals surface area contributed by atoms with Gasteiger partial charge in [-0.05, 0) is 85.4 Å². The molecule has 0 amide bonds. The first kappa shape index (κ1) is 29.2. The molecule has 9 heteroatoms. The molecule has 1 aromatic heterocycles. The second-order valence-corrected chi connectivity index (χ2v) is 13.7. The molecule has 1 aromatic rings. The highest BCUT2D eigenvalue weighted by atomic mass is 19.3. The van der Waals surface area contributed by atoms with Crippen molar-refractivity contribution in [3.8, 4) is 0 Å². The standard InChI is InChI=1S/C30H42F5NO3/c1-15(5-4-6-21(37)24-20(31)13-23(32)36-27(24)33)16-7-8-17-25-18(9-11-28(16,17)2)29(3)12-10-22(38)26(39)19(29)14-30(25,34)35/h13,15-19,21-22,25-26,37-39H,4-12,14H2,1-3H3/t15-,16-,17+,18+,19+,21?,22+,25+,26-,28-,29-/m1/s1. The third-order valence-corrected chi connectivity index (χ3v) is 11.9. The van der Waals surface area contributed by atoms with Gasteiger partial charge in [0, 0.05) is 18.4 Å². The number of alkyl halides is 2. The monoisotopic (exact) mass is 559 g/mol. The molecule has 0 aromatic carbocycles. The molecule has 39 heavy (non-hydrogen) atoms. The number of aromatic nitrogens is 1. The minimum absolute atomic E-state index is 0.0923. The molecule has 4 nitrogen and oxygen atoms in total. The van der Waals surface area contributed by atoms with Gasteiger partial charge in [0.25, 0.3) is 5.92 Å². The number of aliphatic hydroxyl groups is 3. The molecule has 4 saturated carbocycles. The zero-order valence-electron chi connectivity index (χ0n) is 23.0. The quantitative estimate of drug-likeness (QED) is 0.272. The Labute approximate surface area is 227 Å². The van der Waals surface area contributed by atoms with Gasteiger partial charge in [0.05, 0.1) is 23.9 Å². The Morgan fingerprint density at radius 2 is 1.62 bits per heavy atom. The van der Waals surface area contributed by atoms with E-state index in [0.717, 1.165) is 19.3 Å². The lowest BCUT2D eigenvalue weighted by Crippen LogP contribution is -2.64. The third kappa shape index (κ3) is 4.72. The van der Waals surface area contributed by atoms with Crippen LogP contribution >= 0.6 is 0 Å². The van der Waals surface area contributed by atoms with Gasteiger partial charge in [0.2, 0.25) is 11.9 Å². The van der Waals surface area contributed by atoms with E-state index in [0.29, 0.717) is 38.2 Å². The molecule has 1 heterocycles. The number of hydrogen-bond donors (Lipinski definition) is 3. The molecular weight excluding hydrogens is 517 g/mol. The molecule has 5 rings (SSSR count). The smallest absolute Gasteiger partial charge is 0.251 e. The molecule has 4 aliphatic carbocycles. The van der Waals surface area contributed by atoms with Crippen LogP contribution in [-0.2, 0) is 0 Å². The van der Waals surface area contributed by atoms with E-state index in [2.05, 4.69) is 25.8 Å². The second-order valence-electron chi connectivity index (χ2n) is 13.7. The minimum atomic E-state index is -2.90. The maximum Gasteiger partial charge on any atom is 0.251 e. The first-order chi connectivity index (χ1) is 18.2. The van der Waals surface area contributed by atoms with Crippen molar-refractivity contribution in [3.05, 3.63) is 29.3 Å². The second kappa shape index (κ2) is 10.2. The van der Waals surface area contributed by atoms with Crippen LogP contribution in [0.5, 0.6) is 0 Å². The van der Waals surface area contributed by atoms with Crippen LogP contribution in [0.3, 0.4) is 0 Å². The Hall–Kier alpha value is -1.32. The summed E-state index contributed by atoms with van der Waals surface area (Å²) in [4.78, 5) is 2.98. The van der Waals surface area contributed by atoms with E-state index in [1.54, 1.807) is 0 Å². The zero-order chi connectivity index (χ0) is 28.5. The molecule has 0 aliphatic heterocycles. The summed E-state index contributed by atoms with van der Waals surface area (Å²) >= 11 is 0. The van der Waals surface area contributed by atoms with Gasteiger partial charge in [0.1, 0.15) is 5.82 Å². The van der Waals surface area contributed by atoms with Crippen molar-refractivity contribution in [2.45, 2.75) is 109 Å². The van der Waals surface area contributed by atoms with E-state index in [1.807, 2.05) is 0 Å². The summed E-state index contributed by atoms with van der Waals surface area (Å²) in [5.41, 5.74) is -1.29. The van der Waals surface area contributed by atoms with Gasteiger partial charge in [-0.1, -0.05) is 33.6 Å². The van der Waals surface area contributed by atoms with E-state index in [4.69, 9.17) is 0 Å². The first-order valence-electron chi connectivity index (χ1n) is 14.6. The minimum Gasteiger partial charge on any atom is -0.390 e. The van der Waals surface area contributed by atoms with Crippen LogP contribution in [0, 0.1) is 64.1 Å². The Kier molecular flexibility index (Phi) is 7.63. The van der Waals surface area contributed by atoms with Gasteiger partial charge in [-0.15, -0.1) is 0 Å². The van der Waals surface area contributed by atoms with Crippen LogP contribution in [0.2, 0.25) is 0 Å². The van der Waals surface area contributed by atoms with Crippen molar-refractivity contribution in [2.75, 3.05) is 0 Å². The first-order valence-corrected chi connectivity index (χ1v) is 14.6. The number of fused-ring (bicyclic) bond motifs is 5. The third-order valence-electron chi connectivity index (χ3n) is 11.9. The van der Waals surface area contributed by atoms with Crippen LogP contribution in [0.4, 0.5) is 22.0 Å². The Bertz CT molecular complexity index is 1050. The van der Waals surface area contributed by atoms with Gasteiger partial charge < -0.3 is 15.3 Å². The number of halogens is 5.